The van der Waals surface area contributed by atoms with E-state index in [4.69, 9.17) is 5.11 Å². The Bertz CT molecular complexity index is 232. The lowest BCUT2D eigenvalue weighted by Crippen LogP contribution is -2.42. The molecule has 88 valence electrons. The van der Waals surface area contributed by atoms with E-state index < -0.39 is 5.97 Å². The van der Waals surface area contributed by atoms with Crippen molar-refractivity contribution in [2.45, 2.75) is 46.6 Å². The van der Waals surface area contributed by atoms with E-state index in [9.17, 15) is 4.79 Å². The molecule has 0 radical (unpaired) electrons. The molecule has 0 aromatic heterocycles. The molecule has 1 N–H and O–H groups in total. The van der Waals surface area contributed by atoms with Crippen molar-refractivity contribution in [1.82, 2.24) is 4.90 Å². The van der Waals surface area contributed by atoms with Crippen molar-refractivity contribution < 1.29 is 9.90 Å². The molecule has 15 heavy (non-hydrogen) atoms. The fourth-order valence-corrected chi connectivity index (χ4v) is 2.46. The Morgan fingerprint density at radius 3 is 2.60 bits per heavy atom. The topological polar surface area (TPSA) is 40.5 Å². The third-order valence-electron chi connectivity index (χ3n) is 3.29. The summed E-state index contributed by atoms with van der Waals surface area (Å²) in [6, 6.07) is 0.541. The first-order valence-electron chi connectivity index (χ1n) is 5.79. The van der Waals surface area contributed by atoms with Crippen LogP contribution in [-0.4, -0.2) is 35.1 Å². The van der Waals surface area contributed by atoms with E-state index in [1.165, 1.54) is 12.8 Å². The lowest BCUT2D eigenvalue weighted by Gasteiger charge is -2.35. The fourth-order valence-electron chi connectivity index (χ4n) is 2.46. The zero-order valence-corrected chi connectivity index (χ0v) is 10.3. The molecule has 0 saturated carbocycles. The molecule has 0 aliphatic carbocycles. The van der Waals surface area contributed by atoms with Crippen LogP contribution in [0.4, 0.5) is 0 Å². The zero-order chi connectivity index (χ0) is 11.6. The van der Waals surface area contributed by atoms with Crippen LogP contribution in [0, 0.1) is 11.3 Å². The van der Waals surface area contributed by atoms with Crippen molar-refractivity contribution >= 4 is 5.97 Å². The van der Waals surface area contributed by atoms with Gasteiger partial charge in [0.15, 0.2) is 0 Å². The summed E-state index contributed by atoms with van der Waals surface area (Å²) in [5.41, 5.74) is 0.259. The highest BCUT2D eigenvalue weighted by atomic mass is 16.4. The Balaban J connectivity index is 2.58. The Kier molecular flexibility index (Phi) is 3.77. The van der Waals surface area contributed by atoms with Crippen LogP contribution in [0.15, 0.2) is 0 Å². The lowest BCUT2D eigenvalue weighted by molar-refractivity contribution is -0.142. The maximum absolute atomic E-state index is 10.8. The summed E-state index contributed by atoms with van der Waals surface area (Å²) in [6.45, 7) is 10.3. The summed E-state index contributed by atoms with van der Waals surface area (Å²) in [7, 11) is 0. The van der Waals surface area contributed by atoms with Crippen LogP contribution >= 0.6 is 0 Å². The average molecular weight is 213 g/mol. The first-order chi connectivity index (χ1) is 6.82. The van der Waals surface area contributed by atoms with E-state index in [1.54, 1.807) is 6.92 Å². The van der Waals surface area contributed by atoms with Gasteiger partial charge in [0.25, 0.3) is 0 Å². The van der Waals surface area contributed by atoms with Crippen molar-refractivity contribution in [3.63, 3.8) is 0 Å². The monoisotopic (exact) mass is 213 g/mol. The van der Waals surface area contributed by atoms with Crippen molar-refractivity contribution in [3.05, 3.63) is 0 Å². The molecule has 1 fully saturated rings. The molecule has 3 heteroatoms. The maximum Gasteiger partial charge on any atom is 0.307 e. The second-order valence-electron chi connectivity index (χ2n) is 5.76. The maximum atomic E-state index is 10.8. The van der Waals surface area contributed by atoms with E-state index in [2.05, 4.69) is 25.7 Å². The molecular weight excluding hydrogens is 190 g/mol. The van der Waals surface area contributed by atoms with Gasteiger partial charge in [-0.25, -0.2) is 0 Å². The molecular formula is C12H23NO2. The third-order valence-corrected chi connectivity index (χ3v) is 3.29. The summed E-state index contributed by atoms with van der Waals surface area (Å²) < 4.78 is 0. The highest BCUT2D eigenvalue weighted by Crippen LogP contribution is 2.32. The molecule has 1 heterocycles. The molecule has 0 spiro atoms. The number of carboxylic acids is 1. The predicted octanol–water partition coefficient (Wildman–Crippen LogP) is 2.22. The number of rotatable bonds is 3. The number of carbonyl (C=O) groups is 1. The Morgan fingerprint density at radius 2 is 2.13 bits per heavy atom. The van der Waals surface area contributed by atoms with Gasteiger partial charge >= 0.3 is 5.97 Å². The molecule has 2 atom stereocenters. The number of aliphatic carboxylic acids is 1. The Hall–Kier alpha value is -0.570. The van der Waals surface area contributed by atoms with Gasteiger partial charge in [-0.2, -0.15) is 0 Å². The van der Waals surface area contributed by atoms with E-state index in [0.717, 1.165) is 6.54 Å². The van der Waals surface area contributed by atoms with Crippen LogP contribution in [-0.2, 0) is 4.79 Å². The molecule has 0 aromatic carbocycles. The predicted molar refractivity (Wildman–Crippen MR) is 60.8 cm³/mol. The molecule has 0 amide bonds. The molecule has 3 nitrogen and oxygen atoms in total. The van der Waals surface area contributed by atoms with Gasteiger partial charge in [0.2, 0.25) is 0 Å². The van der Waals surface area contributed by atoms with Gasteiger partial charge in [0.05, 0.1) is 5.92 Å². The van der Waals surface area contributed by atoms with E-state index in [0.29, 0.717) is 12.6 Å². The molecule has 2 unspecified atom stereocenters. The molecule has 0 bridgehead atoms. The second kappa shape index (κ2) is 4.52. The quantitative estimate of drug-likeness (QED) is 0.781. The van der Waals surface area contributed by atoms with Crippen LogP contribution in [0.25, 0.3) is 0 Å². The van der Waals surface area contributed by atoms with Crippen LogP contribution in [0.5, 0.6) is 0 Å². The molecule has 1 rings (SSSR count). The normalized spacial score (nSPS) is 25.5. The average Bonchev–Trinajstić information content (AvgIpc) is 2.50. The van der Waals surface area contributed by atoms with Crippen molar-refractivity contribution in [1.29, 1.82) is 0 Å². The van der Waals surface area contributed by atoms with Gasteiger partial charge in [-0.3, -0.25) is 9.69 Å². The van der Waals surface area contributed by atoms with Crippen LogP contribution in [0.2, 0.25) is 0 Å². The van der Waals surface area contributed by atoms with Crippen molar-refractivity contribution in [2.24, 2.45) is 11.3 Å². The van der Waals surface area contributed by atoms with E-state index >= 15 is 0 Å². The van der Waals surface area contributed by atoms with Gasteiger partial charge in [0.1, 0.15) is 0 Å². The van der Waals surface area contributed by atoms with Crippen LogP contribution in [0.1, 0.15) is 40.5 Å². The molecule has 1 aliphatic heterocycles. The highest BCUT2D eigenvalue weighted by Gasteiger charge is 2.35. The van der Waals surface area contributed by atoms with Crippen molar-refractivity contribution in [3.8, 4) is 0 Å². The Morgan fingerprint density at radius 1 is 1.53 bits per heavy atom. The zero-order valence-electron chi connectivity index (χ0n) is 10.3. The summed E-state index contributed by atoms with van der Waals surface area (Å²) >= 11 is 0. The van der Waals surface area contributed by atoms with Crippen LogP contribution in [0.3, 0.4) is 0 Å². The molecule has 1 aliphatic rings. The number of hydrogen-bond acceptors (Lipinski definition) is 2. The summed E-state index contributed by atoms with van der Waals surface area (Å²) in [4.78, 5) is 13.2. The van der Waals surface area contributed by atoms with Crippen LogP contribution < -0.4 is 0 Å². The van der Waals surface area contributed by atoms with Gasteiger partial charge in [-0.05, 0) is 24.8 Å². The molecule has 0 aromatic rings. The number of nitrogens with zero attached hydrogens (tertiary/aromatic N) is 1. The minimum Gasteiger partial charge on any atom is -0.481 e. The van der Waals surface area contributed by atoms with E-state index in [-0.39, 0.29) is 11.3 Å². The summed E-state index contributed by atoms with van der Waals surface area (Å²) in [5.74, 6) is -0.942. The smallest absolute Gasteiger partial charge is 0.307 e. The summed E-state index contributed by atoms with van der Waals surface area (Å²) in [6.07, 6.45) is 2.41. The molecule has 1 saturated heterocycles. The van der Waals surface area contributed by atoms with Crippen molar-refractivity contribution in [2.75, 3.05) is 13.1 Å². The first-order valence-corrected chi connectivity index (χ1v) is 5.79. The lowest BCUT2D eigenvalue weighted by atomic mass is 9.85. The standard InChI is InChI=1S/C12H23NO2/c1-9(11(14)15)8-13-7-5-6-10(13)12(2,3)4/h9-10H,5-8H2,1-4H3,(H,14,15). The SMILES string of the molecule is CC(CN1CCCC1C(C)(C)C)C(=O)O. The van der Waals surface area contributed by atoms with Gasteiger partial charge in [0, 0.05) is 12.6 Å². The Labute approximate surface area is 92.5 Å². The minimum absolute atomic E-state index is 0.257. The number of carboxylic acid groups (broad SMARTS) is 1. The third kappa shape index (κ3) is 3.20. The number of likely N-dealkylation sites (tertiary alicyclic amines) is 1. The minimum atomic E-state index is -0.686. The van der Waals surface area contributed by atoms with E-state index in [1.807, 2.05) is 0 Å². The summed E-state index contributed by atoms with van der Waals surface area (Å²) in [5, 5.41) is 8.90. The van der Waals surface area contributed by atoms with Gasteiger partial charge < -0.3 is 5.11 Å². The van der Waals surface area contributed by atoms with Gasteiger partial charge in [-0.15, -0.1) is 0 Å². The highest BCUT2D eigenvalue weighted by molar-refractivity contribution is 5.69. The first kappa shape index (κ1) is 12.5. The number of hydrogen-bond donors (Lipinski definition) is 1. The second-order valence-corrected chi connectivity index (χ2v) is 5.76. The largest absolute Gasteiger partial charge is 0.481 e. The fraction of sp³-hybridized carbons (Fsp3) is 0.917. The van der Waals surface area contributed by atoms with Gasteiger partial charge in [-0.1, -0.05) is 27.7 Å².